The summed E-state index contributed by atoms with van der Waals surface area (Å²) in [6.45, 7) is 3.06. The number of halogens is 1. The van der Waals surface area contributed by atoms with Gasteiger partial charge in [0.25, 0.3) is 0 Å². The normalized spacial score (nSPS) is 17.7. The van der Waals surface area contributed by atoms with Gasteiger partial charge >= 0.3 is 5.97 Å². The first-order valence-electron chi connectivity index (χ1n) is 13.6. The van der Waals surface area contributed by atoms with Gasteiger partial charge < -0.3 is 14.6 Å². The van der Waals surface area contributed by atoms with Crippen LogP contribution in [0.3, 0.4) is 0 Å². The minimum Gasteiger partial charge on any atom is -0.475 e. The molecule has 0 bridgehead atoms. The lowest BCUT2D eigenvalue weighted by molar-refractivity contribution is -0.0492. The monoisotopic (exact) mass is 557 g/mol. The minimum absolute atomic E-state index is 0.0258. The molecule has 41 heavy (non-hydrogen) atoms. The number of nitrogens with zero attached hydrogens (tertiary/aromatic N) is 7. The Morgan fingerprint density at radius 3 is 2.73 bits per heavy atom. The molecule has 4 aromatic rings. The van der Waals surface area contributed by atoms with Crippen molar-refractivity contribution in [1.82, 2.24) is 29.5 Å². The highest BCUT2D eigenvalue weighted by Gasteiger charge is 2.28. The molecule has 0 amide bonds. The van der Waals surface area contributed by atoms with Gasteiger partial charge in [-0.25, -0.2) is 28.7 Å². The van der Waals surface area contributed by atoms with Crippen molar-refractivity contribution in [2.75, 3.05) is 19.7 Å². The number of nitriles is 1. The summed E-state index contributed by atoms with van der Waals surface area (Å²) in [5.41, 5.74) is 3.86. The Morgan fingerprint density at radius 1 is 1.20 bits per heavy atom. The van der Waals surface area contributed by atoms with Crippen LogP contribution < -0.4 is 4.74 Å². The molecule has 0 spiro atoms. The predicted octanol–water partition coefficient (Wildman–Crippen LogP) is 3.52. The van der Waals surface area contributed by atoms with Crippen LogP contribution in [0.4, 0.5) is 4.39 Å². The van der Waals surface area contributed by atoms with Crippen LogP contribution in [0.1, 0.15) is 63.9 Å². The highest BCUT2D eigenvalue weighted by atomic mass is 19.1. The zero-order chi connectivity index (χ0) is 28.3. The third-order valence-electron chi connectivity index (χ3n) is 7.66. The number of fused-ring (bicyclic) bond motifs is 1. The summed E-state index contributed by atoms with van der Waals surface area (Å²) in [6, 6.07) is 11.9. The summed E-state index contributed by atoms with van der Waals surface area (Å²) in [4.78, 5) is 26.7. The van der Waals surface area contributed by atoms with Gasteiger partial charge in [-0.2, -0.15) is 10.4 Å². The van der Waals surface area contributed by atoms with E-state index in [9.17, 15) is 14.3 Å². The molecule has 0 saturated carbocycles. The molecule has 1 atom stereocenters. The number of piperidine rings is 1. The quantitative estimate of drug-likeness (QED) is 0.325. The highest BCUT2D eigenvalue weighted by Crippen LogP contribution is 2.30. The second kappa shape index (κ2) is 11.6. The van der Waals surface area contributed by atoms with E-state index in [-0.39, 0.29) is 30.0 Å². The maximum Gasteiger partial charge on any atom is 0.374 e. The fraction of sp³-hybridized carbons (Fsp3) is 0.379. The molecule has 3 aromatic heterocycles. The topological polar surface area (TPSA) is 139 Å². The maximum absolute atomic E-state index is 14.2. The fourth-order valence-electron chi connectivity index (χ4n) is 5.28. The SMILES string of the molecule is N#Cc1ccc(COc2cccc(C3CCN(Cc4nn5cnc(C(=O)O)nc5c4CC4CCO4)CC3)n2)c(F)c1. The van der Waals surface area contributed by atoms with Crippen LogP contribution in [0.5, 0.6) is 5.88 Å². The molecule has 12 heteroatoms. The highest BCUT2D eigenvalue weighted by molar-refractivity contribution is 5.83. The van der Waals surface area contributed by atoms with Crippen LogP contribution in [0.2, 0.25) is 0 Å². The van der Waals surface area contributed by atoms with Gasteiger partial charge in [0.1, 0.15) is 18.8 Å². The molecular weight excluding hydrogens is 529 g/mol. The molecule has 0 radical (unpaired) electrons. The number of benzene rings is 1. The largest absolute Gasteiger partial charge is 0.475 e. The molecule has 210 valence electrons. The van der Waals surface area contributed by atoms with Crippen molar-refractivity contribution in [3.8, 4) is 11.9 Å². The van der Waals surface area contributed by atoms with Gasteiger partial charge in [-0.05, 0) is 50.6 Å². The van der Waals surface area contributed by atoms with E-state index in [0.717, 1.165) is 55.9 Å². The maximum atomic E-state index is 14.2. The van der Waals surface area contributed by atoms with Crippen LogP contribution in [-0.4, -0.2) is 66.3 Å². The van der Waals surface area contributed by atoms with E-state index in [1.807, 2.05) is 18.2 Å². The summed E-state index contributed by atoms with van der Waals surface area (Å²) in [6.07, 6.45) is 4.88. The van der Waals surface area contributed by atoms with Crippen LogP contribution in [0, 0.1) is 17.1 Å². The third-order valence-corrected chi connectivity index (χ3v) is 7.66. The van der Waals surface area contributed by atoms with Crippen LogP contribution >= 0.6 is 0 Å². The molecular formula is C29H28FN7O4. The van der Waals surface area contributed by atoms with Crippen molar-refractivity contribution in [3.05, 3.63) is 82.4 Å². The first-order valence-corrected chi connectivity index (χ1v) is 13.6. The van der Waals surface area contributed by atoms with Gasteiger partial charge in [0.2, 0.25) is 11.7 Å². The molecule has 1 unspecified atom stereocenters. The van der Waals surface area contributed by atoms with Gasteiger partial charge in [-0.3, -0.25) is 4.90 Å². The summed E-state index contributed by atoms with van der Waals surface area (Å²) in [5.74, 6) is -1.21. The second-order valence-corrected chi connectivity index (χ2v) is 10.3. The number of hydrogen-bond donors (Lipinski definition) is 1. The number of carboxylic acids is 1. The van der Waals surface area contributed by atoms with Gasteiger partial charge in [0.15, 0.2) is 5.65 Å². The number of ether oxygens (including phenoxy) is 2. The summed E-state index contributed by atoms with van der Waals surface area (Å²) < 4.78 is 27.2. The molecule has 1 N–H and O–H groups in total. The molecule has 2 aliphatic rings. The number of aromatic carboxylic acids is 1. The molecule has 0 aliphatic carbocycles. The molecule has 2 saturated heterocycles. The molecule has 2 aliphatic heterocycles. The average molecular weight is 558 g/mol. The van der Waals surface area contributed by atoms with E-state index in [1.165, 1.54) is 12.4 Å². The van der Waals surface area contributed by atoms with E-state index in [4.69, 9.17) is 19.8 Å². The molecule has 2 fully saturated rings. The molecule has 11 nitrogen and oxygen atoms in total. The number of aromatic nitrogens is 5. The van der Waals surface area contributed by atoms with Crippen molar-refractivity contribution in [2.45, 2.75) is 50.9 Å². The first-order chi connectivity index (χ1) is 20.0. The average Bonchev–Trinajstić information content (AvgIpc) is 3.30. The number of carbonyl (C=O) groups is 1. The van der Waals surface area contributed by atoms with E-state index in [0.29, 0.717) is 30.1 Å². The predicted molar refractivity (Wildman–Crippen MR) is 143 cm³/mol. The van der Waals surface area contributed by atoms with Crippen molar-refractivity contribution >= 4 is 11.6 Å². The first kappa shape index (κ1) is 26.7. The number of hydrogen-bond acceptors (Lipinski definition) is 9. The van der Waals surface area contributed by atoms with Crippen molar-refractivity contribution < 1.29 is 23.8 Å². The lowest BCUT2D eigenvalue weighted by atomic mass is 9.92. The standard InChI is InChI=1S/C29H28FN7O4/c30-23-12-18(14-31)4-5-20(23)16-41-26-3-1-2-24(33-26)19-6-9-36(10-7-19)15-25-22(13-21-8-11-40-21)28-34-27(29(38)39)32-17-37(28)35-25/h1-5,12,17,19,21H,6-11,13,15-16H2,(H,38,39). The Morgan fingerprint density at radius 2 is 2.02 bits per heavy atom. The van der Waals surface area contributed by atoms with Gasteiger partial charge in [-0.15, -0.1) is 0 Å². The van der Waals surface area contributed by atoms with Crippen LogP contribution in [-0.2, 0) is 24.3 Å². The van der Waals surface area contributed by atoms with Gasteiger partial charge in [0.05, 0.1) is 23.4 Å². The fourth-order valence-corrected chi connectivity index (χ4v) is 5.28. The Labute approximate surface area is 235 Å². The number of likely N-dealkylation sites (tertiary alicyclic amines) is 1. The van der Waals surface area contributed by atoms with E-state index < -0.39 is 11.8 Å². The third kappa shape index (κ3) is 5.86. The number of pyridine rings is 1. The molecule has 5 heterocycles. The number of carboxylic acid groups (broad SMARTS) is 1. The Balaban J connectivity index is 1.10. The Hall–Kier alpha value is -4.47. The Kier molecular flexibility index (Phi) is 7.54. The summed E-state index contributed by atoms with van der Waals surface area (Å²) in [7, 11) is 0. The van der Waals surface area contributed by atoms with E-state index in [2.05, 4.69) is 19.9 Å². The van der Waals surface area contributed by atoms with Gasteiger partial charge in [-0.1, -0.05) is 12.1 Å². The second-order valence-electron chi connectivity index (χ2n) is 10.3. The summed E-state index contributed by atoms with van der Waals surface area (Å²) in [5, 5.41) is 23.0. The lowest BCUT2D eigenvalue weighted by Gasteiger charge is -2.31. The van der Waals surface area contributed by atoms with Gasteiger partial charge in [0, 0.05) is 48.4 Å². The minimum atomic E-state index is -1.17. The zero-order valence-corrected chi connectivity index (χ0v) is 22.2. The lowest BCUT2D eigenvalue weighted by Crippen LogP contribution is -2.33. The molecule has 6 rings (SSSR count). The Bertz CT molecular complexity index is 1620. The van der Waals surface area contributed by atoms with Crippen molar-refractivity contribution in [2.24, 2.45) is 0 Å². The van der Waals surface area contributed by atoms with E-state index >= 15 is 0 Å². The van der Waals surface area contributed by atoms with Crippen molar-refractivity contribution in [1.29, 1.82) is 5.26 Å². The van der Waals surface area contributed by atoms with Crippen LogP contribution in [0.25, 0.3) is 5.65 Å². The number of rotatable bonds is 9. The molecule has 1 aromatic carbocycles. The summed E-state index contributed by atoms with van der Waals surface area (Å²) >= 11 is 0. The smallest absolute Gasteiger partial charge is 0.374 e. The van der Waals surface area contributed by atoms with E-state index in [1.54, 1.807) is 22.7 Å². The van der Waals surface area contributed by atoms with Crippen LogP contribution in [0.15, 0.2) is 42.7 Å². The van der Waals surface area contributed by atoms with Crippen molar-refractivity contribution in [3.63, 3.8) is 0 Å². The zero-order valence-electron chi connectivity index (χ0n) is 22.2.